The van der Waals surface area contributed by atoms with Gasteiger partial charge in [-0.15, -0.1) is 0 Å². The fourth-order valence-corrected chi connectivity index (χ4v) is 1.51. The van der Waals surface area contributed by atoms with Crippen molar-refractivity contribution < 1.29 is 22.7 Å². The van der Waals surface area contributed by atoms with Gasteiger partial charge in [0.1, 0.15) is 5.82 Å². The minimum absolute atomic E-state index is 0.0832. The molecule has 0 saturated heterocycles. The summed E-state index contributed by atoms with van der Waals surface area (Å²) >= 11 is 0. The molecule has 18 heavy (non-hydrogen) atoms. The highest BCUT2D eigenvalue weighted by atomic mass is 19.4. The minimum atomic E-state index is -4.53. The molecular weight excluding hydrogens is 250 g/mol. The van der Waals surface area contributed by atoms with Crippen molar-refractivity contribution in [1.29, 1.82) is 0 Å². The number of aliphatic hydroxyl groups is 1. The van der Waals surface area contributed by atoms with Gasteiger partial charge in [-0.25, -0.2) is 4.39 Å². The molecule has 1 rings (SSSR count). The summed E-state index contributed by atoms with van der Waals surface area (Å²) in [7, 11) is 0. The van der Waals surface area contributed by atoms with Gasteiger partial charge in [0.25, 0.3) is 0 Å². The van der Waals surface area contributed by atoms with Gasteiger partial charge in [-0.2, -0.15) is 13.2 Å². The van der Waals surface area contributed by atoms with Gasteiger partial charge >= 0.3 is 6.18 Å². The molecule has 0 saturated carbocycles. The van der Waals surface area contributed by atoms with E-state index in [2.05, 4.69) is 5.32 Å². The first-order valence-corrected chi connectivity index (χ1v) is 5.61. The van der Waals surface area contributed by atoms with Gasteiger partial charge in [0.05, 0.1) is 5.56 Å². The van der Waals surface area contributed by atoms with E-state index in [1.807, 2.05) is 0 Å². The zero-order valence-corrected chi connectivity index (χ0v) is 9.73. The van der Waals surface area contributed by atoms with Crippen LogP contribution in [0.5, 0.6) is 0 Å². The summed E-state index contributed by atoms with van der Waals surface area (Å²) in [6.07, 6.45) is -3.18. The number of rotatable bonds is 6. The standard InChI is InChI=1S/C12H15F4NO/c13-11-6-9(8-17-3-1-2-4-18)5-10(7-11)12(14,15)16/h5-7,17-18H,1-4,8H2. The number of hydrogen-bond donors (Lipinski definition) is 2. The average molecular weight is 265 g/mol. The molecule has 2 nitrogen and oxygen atoms in total. The second kappa shape index (κ2) is 6.70. The highest BCUT2D eigenvalue weighted by Gasteiger charge is 2.31. The van der Waals surface area contributed by atoms with Crippen LogP contribution in [0.1, 0.15) is 24.0 Å². The van der Waals surface area contributed by atoms with Crippen molar-refractivity contribution in [2.45, 2.75) is 25.6 Å². The molecule has 0 aliphatic carbocycles. The zero-order chi connectivity index (χ0) is 13.6. The maximum Gasteiger partial charge on any atom is 0.416 e. The molecule has 0 atom stereocenters. The van der Waals surface area contributed by atoms with Crippen LogP contribution in [0.25, 0.3) is 0 Å². The molecule has 0 fully saturated rings. The molecule has 6 heteroatoms. The monoisotopic (exact) mass is 265 g/mol. The Bertz CT molecular complexity index is 379. The zero-order valence-electron chi connectivity index (χ0n) is 9.73. The molecule has 0 aliphatic heterocycles. The van der Waals surface area contributed by atoms with Crippen LogP contribution in [0, 0.1) is 5.82 Å². The Morgan fingerprint density at radius 1 is 1.11 bits per heavy atom. The Morgan fingerprint density at radius 3 is 2.44 bits per heavy atom. The molecule has 0 unspecified atom stereocenters. The number of hydrogen-bond acceptors (Lipinski definition) is 2. The quantitative estimate of drug-likeness (QED) is 0.612. The lowest BCUT2D eigenvalue weighted by atomic mass is 10.1. The molecule has 2 N–H and O–H groups in total. The predicted molar refractivity (Wildman–Crippen MR) is 59.4 cm³/mol. The maximum absolute atomic E-state index is 13.0. The fraction of sp³-hybridized carbons (Fsp3) is 0.500. The summed E-state index contributed by atoms with van der Waals surface area (Å²) in [5.74, 6) is -0.892. The van der Waals surface area contributed by atoms with Gasteiger partial charge in [-0.1, -0.05) is 0 Å². The van der Waals surface area contributed by atoms with Crippen molar-refractivity contribution in [3.63, 3.8) is 0 Å². The Balaban J connectivity index is 2.58. The van der Waals surface area contributed by atoms with Crippen molar-refractivity contribution in [1.82, 2.24) is 5.32 Å². The molecule has 102 valence electrons. The molecule has 0 spiro atoms. The summed E-state index contributed by atoms with van der Waals surface area (Å²) in [6, 6.07) is 2.49. The molecule has 0 radical (unpaired) electrons. The number of alkyl halides is 3. The van der Waals surface area contributed by atoms with Crippen molar-refractivity contribution in [3.8, 4) is 0 Å². The minimum Gasteiger partial charge on any atom is -0.396 e. The smallest absolute Gasteiger partial charge is 0.396 e. The van der Waals surface area contributed by atoms with Crippen LogP contribution in [0.4, 0.5) is 17.6 Å². The van der Waals surface area contributed by atoms with Crippen LogP contribution in [0.15, 0.2) is 18.2 Å². The second-order valence-corrected chi connectivity index (χ2v) is 3.95. The van der Waals surface area contributed by atoms with E-state index >= 15 is 0 Å². The first-order chi connectivity index (χ1) is 8.43. The summed E-state index contributed by atoms with van der Waals surface area (Å²) < 4.78 is 50.3. The fourth-order valence-electron chi connectivity index (χ4n) is 1.51. The van der Waals surface area contributed by atoms with E-state index in [1.54, 1.807) is 0 Å². The summed E-state index contributed by atoms with van der Waals surface area (Å²) in [5.41, 5.74) is -0.721. The first-order valence-electron chi connectivity index (χ1n) is 5.61. The van der Waals surface area contributed by atoms with E-state index in [-0.39, 0.29) is 18.7 Å². The van der Waals surface area contributed by atoms with Gasteiger partial charge in [0.15, 0.2) is 0 Å². The number of benzene rings is 1. The first kappa shape index (κ1) is 14.9. The Kier molecular flexibility index (Phi) is 5.55. The van der Waals surface area contributed by atoms with E-state index in [1.165, 1.54) is 0 Å². The molecule has 0 aliphatic rings. The van der Waals surface area contributed by atoms with Gasteiger partial charge < -0.3 is 10.4 Å². The number of nitrogens with one attached hydrogen (secondary N) is 1. The van der Waals surface area contributed by atoms with Gasteiger partial charge in [-0.3, -0.25) is 0 Å². The molecule has 1 aromatic carbocycles. The third-order valence-corrected chi connectivity index (χ3v) is 2.38. The molecule has 0 bridgehead atoms. The molecule has 0 heterocycles. The van der Waals surface area contributed by atoms with E-state index < -0.39 is 17.6 Å². The third-order valence-electron chi connectivity index (χ3n) is 2.38. The van der Waals surface area contributed by atoms with Crippen LogP contribution in [0.3, 0.4) is 0 Å². The molecule has 0 aromatic heterocycles. The van der Waals surface area contributed by atoms with Crippen LogP contribution in [-0.4, -0.2) is 18.3 Å². The SMILES string of the molecule is OCCCCNCc1cc(F)cc(C(F)(F)F)c1. The molecule has 1 aromatic rings. The Labute approximate surface area is 103 Å². The van der Waals surface area contributed by atoms with Crippen molar-refractivity contribution in [2.75, 3.05) is 13.2 Å². The van der Waals surface area contributed by atoms with Crippen LogP contribution >= 0.6 is 0 Å². The highest BCUT2D eigenvalue weighted by molar-refractivity contribution is 5.26. The maximum atomic E-state index is 13.0. The van der Waals surface area contributed by atoms with Crippen LogP contribution < -0.4 is 5.32 Å². The third kappa shape index (κ3) is 5.01. The summed E-state index contributed by atoms with van der Waals surface area (Å²) in [6.45, 7) is 0.824. The predicted octanol–water partition coefficient (Wildman–Crippen LogP) is 2.71. The lowest BCUT2D eigenvalue weighted by molar-refractivity contribution is -0.137. The van der Waals surface area contributed by atoms with Crippen LogP contribution in [-0.2, 0) is 12.7 Å². The van der Waals surface area contributed by atoms with Gasteiger partial charge in [0.2, 0.25) is 0 Å². The van der Waals surface area contributed by atoms with Crippen molar-refractivity contribution in [3.05, 3.63) is 35.1 Å². The van der Waals surface area contributed by atoms with Crippen molar-refractivity contribution in [2.24, 2.45) is 0 Å². The number of unbranched alkanes of at least 4 members (excludes halogenated alkanes) is 1. The Hall–Kier alpha value is -1.14. The number of aliphatic hydroxyl groups excluding tert-OH is 1. The summed E-state index contributed by atoms with van der Waals surface area (Å²) in [5, 5.41) is 11.4. The topological polar surface area (TPSA) is 32.3 Å². The average Bonchev–Trinajstić information content (AvgIpc) is 2.27. The largest absolute Gasteiger partial charge is 0.416 e. The van der Waals surface area contributed by atoms with Crippen LogP contribution in [0.2, 0.25) is 0 Å². The normalized spacial score (nSPS) is 11.8. The Morgan fingerprint density at radius 2 is 1.83 bits per heavy atom. The van der Waals surface area contributed by atoms with E-state index in [0.29, 0.717) is 19.0 Å². The van der Waals surface area contributed by atoms with E-state index in [9.17, 15) is 17.6 Å². The molecule has 0 amide bonds. The lowest BCUT2D eigenvalue weighted by Gasteiger charge is -2.10. The summed E-state index contributed by atoms with van der Waals surface area (Å²) in [4.78, 5) is 0. The molecular formula is C12H15F4NO. The second-order valence-electron chi connectivity index (χ2n) is 3.95. The van der Waals surface area contributed by atoms with Crippen molar-refractivity contribution >= 4 is 0 Å². The highest BCUT2D eigenvalue weighted by Crippen LogP contribution is 2.30. The van der Waals surface area contributed by atoms with Gasteiger partial charge in [0, 0.05) is 13.2 Å². The van der Waals surface area contributed by atoms with Gasteiger partial charge in [-0.05, 0) is 43.1 Å². The van der Waals surface area contributed by atoms with E-state index in [4.69, 9.17) is 5.11 Å². The van der Waals surface area contributed by atoms with E-state index in [0.717, 1.165) is 18.6 Å². The lowest BCUT2D eigenvalue weighted by Crippen LogP contribution is -2.16. The number of halogens is 4.